The number of nitrogens with zero attached hydrogens (tertiary/aromatic N) is 1. The summed E-state index contributed by atoms with van der Waals surface area (Å²) < 4.78 is 37.9. The minimum atomic E-state index is -2.88. The summed E-state index contributed by atoms with van der Waals surface area (Å²) in [6, 6.07) is -0.730. The molecule has 2 fully saturated rings. The molecule has 2 N–H and O–H groups in total. The van der Waals surface area contributed by atoms with Crippen molar-refractivity contribution in [2.24, 2.45) is 11.7 Å². The number of likely N-dealkylation sites (tertiary alicyclic amines) is 1. The fraction of sp³-hybridized carbons (Fsp3) is 0.875. The van der Waals surface area contributed by atoms with Crippen molar-refractivity contribution in [3.05, 3.63) is 0 Å². The van der Waals surface area contributed by atoms with E-state index in [2.05, 4.69) is 0 Å². The fourth-order valence-corrected chi connectivity index (χ4v) is 1.67. The van der Waals surface area contributed by atoms with Gasteiger partial charge in [-0.15, -0.1) is 0 Å². The quantitative estimate of drug-likeness (QED) is 0.666. The van der Waals surface area contributed by atoms with Crippen LogP contribution in [0.15, 0.2) is 0 Å². The predicted octanol–water partition coefficient (Wildman–Crippen LogP) is 0.149. The van der Waals surface area contributed by atoms with Crippen molar-refractivity contribution in [3.8, 4) is 0 Å². The van der Waals surface area contributed by atoms with Gasteiger partial charge in [0.15, 0.2) is 0 Å². The number of nitrogens with two attached hydrogens (primary N) is 1. The summed E-state index contributed by atoms with van der Waals surface area (Å²) in [4.78, 5) is 12.4. The molecule has 0 aromatic rings. The zero-order valence-electron chi connectivity index (χ0n) is 7.42. The maximum atomic E-state index is 12.9. The first-order valence-electron chi connectivity index (χ1n) is 4.48. The number of halogens is 3. The molecule has 0 radical (unpaired) electrons. The van der Waals surface area contributed by atoms with Crippen LogP contribution in [0.3, 0.4) is 0 Å². The molecule has 2 aliphatic rings. The van der Waals surface area contributed by atoms with Gasteiger partial charge < -0.3 is 10.6 Å². The van der Waals surface area contributed by atoms with Crippen LogP contribution in [0.25, 0.3) is 0 Å². The third-order valence-electron chi connectivity index (χ3n) is 2.73. The number of carbonyl (C=O) groups excluding carboxylic acids is 1. The molecular weight excluding hydrogens is 197 g/mol. The van der Waals surface area contributed by atoms with Crippen molar-refractivity contribution in [3.63, 3.8) is 0 Å². The summed E-state index contributed by atoms with van der Waals surface area (Å²) in [6.07, 6.45) is -1.69. The molecule has 14 heavy (non-hydrogen) atoms. The van der Waals surface area contributed by atoms with Crippen molar-refractivity contribution in [2.75, 3.05) is 13.1 Å². The van der Waals surface area contributed by atoms with Gasteiger partial charge in [0.05, 0.1) is 12.6 Å². The van der Waals surface area contributed by atoms with Crippen LogP contribution < -0.4 is 5.73 Å². The SMILES string of the molecule is N[C@@H]1CN(C(=O)C2CC2(F)F)C[C@@H]1F. The van der Waals surface area contributed by atoms with Crippen LogP contribution in [-0.2, 0) is 4.79 Å². The normalized spacial score (nSPS) is 40.0. The Bertz CT molecular complexity index is 261. The van der Waals surface area contributed by atoms with Crippen LogP contribution in [0.2, 0.25) is 0 Å². The Labute approximate surface area is 79.0 Å². The number of hydrogen-bond donors (Lipinski definition) is 1. The van der Waals surface area contributed by atoms with Crippen molar-refractivity contribution in [1.29, 1.82) is 0 Å². The molecule has 1 saturated carbocycles. The minimum Gasteiger partial charge on any atom is -0.338 e. The Morgan fingerprint density at radius 2 is 2.00 bits per heavy atom. The molecule has 2 rings (SSSR count). The zero-order chi connectivity index (χ0) is 10.5. The molecule has 0 bridgehead atoms. The Morgan fingerprint density at radius 3 is 2.36 bits per heavy atom. The van der Waals surface area contributed by atoms with Crippen molar-refractivity contribution < 1.29 is 18.0 Å². The highest BCUT2D eigenvalue weighted by molar-refractivity contribution is 5.83. The van der Waals surface area contributed by atoms with Crippen molar-refractivity contribution in [1.82, 2.24) is 4.90 Å². The Morgan fingerprint density at radius 1 is 1.43 bits per heavy atom. The topological polar surface area (TPSA) is 46.3 Å². The fourth-order valence-electron chi connectivity index (χ4n) is 1.67. The van der Waals surface area contributed by atoms with Crippen LogP contribution in [0, 0.1) is 5.92 Å². The summed E-state index contributed by atoms with van der Waals surface area (Å²) in [6.45, 7) is -0.0981. The third-order valence-corrected chi connectivity index (χ3v) is 2.73. The van der Waals surface area contributed by atoms with E-state index in [0.717, 1.165) is 4.90 Å². The second-order valence-electron chi connectivity index (χ2n) is 3.94. The minimum absolute atomic E-state index is 0.0482. The van der Waals surface area contributed by atoms with Gasteiger partial charge >= 0.3 is 0 Å². The second kappa shape index (κ2) is 2.85. The van der Waals surface area contributed by atoms with Gasteiger partial charge in [-0.05, 0) is 0 Å². The maximum absolute atomic E-state index is 12.9. The van der Waals surface area contributed by atoms with E-state index in [-0.39, 0.29) is 13.1 Å². The largest absolute Gasteiger partial charge is 0.338 e. The number of hydrogen-bond acceptors (Lipinski definition) is 2. The standard InChI is InChI=1S/C8H11F3N2O/c9-5-2-13(3-6(5)12)7(14)4-1-8(4,10)11/h4-6H,1-3,12H2/t4?,5-,6+/m0/s1. The molecule has 3 nitrogen and oxygen atoms in total. The van der Waals surface area contributed by atoms with E-state index in [4.69, 9.17) is 5.73 Å². The molecular formula is C8H11F3N2O. The average Bonchev–Trinajstić information content (AvgIpc) is 2.59. The molecule has 80 valence electrons. The number of amides is 1. The molecule has 6 heteroatoms. The van der Waals surface area contributed by atoms with E-state index >= 15 is 0 Å². The molecule has 1 unspecified atom stereocenters. The van der Waals surface area contributed by atoms with Gasteiger partial charge in [0.1, 0.15) is 12.1 Å². The molecule has 1 aliphatic carbocycles. The molecule has 0 aromatic heterocycles. The Hall–Kier alpha value is -0.780. The van der Waals surface area contributed by atoms with Gasteiger partial charge in [0, 0.05) is 13.0 Å². The van der Waals surface area contributed by atoms with E-state index in [1.807, 2.05) is 0 Å². The molecule has 1 heterocycles. The number of alkyl halides is 3. The summed E-state index contributed by atoms with van der Waals surface area (Å²) in [5.41, 5.74) is 5.34. The second-order valence-corrected chi connectivity index (χ2v) is 3.94. The summed E-state index contributed by atoms with van der Waals surface area (Å²) in [7, 11) is 0. The number of carbonyl (C=O) groups is 1. The third kappa shape index (κ3) is 1.47. The Balaban J connectivity index is 1.95. The van der Waals surface area contributed by atoms with E-state index in [1.165, 1.54) is 0 Å². The van der Waals surface area contributed by atoms with Gasteiger partial charge in [-0.1, -0.05) is 0 Å². The summed E-state index contributed by atoms with van der Waals surface area (Å²) >= 11 is 0. The predicted molar refractivity (Wildman–Crippen MR) is 42.5 cm³/mol. The lowest BCUT2D eigenvalue weighted by molar-refractivity contribution is -0.134. The molecule has 0 aromatic carbocycles. The first-order valence-corrected chi connectivity index (χ1v) is 4.48. The lowest BCUT2D eigenvalue weighted by atomic mass is 10.3. The molecule has 1 saturated heterocycles. The van der Waals surface area contributed by atoms with E-state index in [0.29, 0.717) is 0 Å². The highest BCUT2D eigenvalue weighted by Crippen LogP contribution is 2.49. The lowest BCUT2D eigenvalue weighted by Crippen LogP contribution is -2.34. The van der Waals surface area contributed by atoms with Crippen LogP contribution in [0.5, 0.6) is 0 Å². The van der Waals surface area contributed by atoms with Crippen LogP contribution in [-0.4, -0.2) is 42.0 Å². The average molecular weight is 208 g/mol. The zero-order valence-corrected chi connectivity index (χ0v) is 7.42. The van der Waals surface area contributed by atoms with Gasteiger partial charge in [0.2, 0.25) is 5.91 Å². The van der Waals surface area contributed by atoms with Crippen LogP contribution in [0.1, 0.15) is 6.42 Å². The highest BCUT2D eigenvalue weighted by Gasteiger charge is 2.62. The van der Waals surface area contributed by atoms with Crippen molar-refractivity contribution in [2.45, 2.75) is 24.6 Å². The maximum Gasteiger partial charge on any atom is 0.260 e. The monoisotopic (exact) mass is 208 g/mol. The van der Waals surface area contributed by atoms with Gasteiger partial charge in [-0.2, -0.15) is 0 Å². The summed E-state index contributed by atoms with van der Waals surface area (Å²) in [5.74, 6) is -4.78. The lowest BCUT2D eigenvalue weighted by Gasteiger charge is -2.14. The smallest absolute Gasteiger partial charge is 0.260 e. The Kier molecular flexibility index (Phi) is 1.99. The molecule has 3 atom stereocenters. The molecule has 0 spiro atoms. The van der Waals surface area contributed by atoms with Gasteiger partial charge in [-0.3, -0.25) is 4.79 Å². The van der Waals surface area contributed by atoms with E-state index in [1.54, 1.807) is 0 Å². The van der Waals surface area contributed by atoms with E-state index in [9.17, 15) is 18.0 Å². The molecule has 1 amide bonds. The number of rotatable bonds is 1. The van der Waals surface area contributed by atoms with Gasteiger partial charge in [-0.25, -0.2) is 13.2 Å². The van der Waals surface area contributed by atoms with Crippen molar-refractivity contribution >= 4 is 5.91 Å². The van der Waals surface area contributed by atoms with Crippen LogP contribution in [0.4, 0.5) is 13.2 Å². The highest BCUT2D eigenvalue weighted by atomic mass is 19.3. The first-order chi connectivity index (χ1) is 6.42. The van der Waals surface area contributed by atoms with Gasteiger partial charge in [0.25, 0.3) is 5.92 Å². The van der Waals surface area contributed by atoms with E-state index < -0.39 is 36.4 Å². The van der Waals surface area contributed by atoms with Crippen LogP contribution >= 0.6 is 0 Å². The molecule has 1 aliphatic heterocycles. The summed E-state index contributed by atoms with van der Waals surface area (Å²) in [5, 5.41) is 0. The first kappa shape index (κ1) is 9.76.